The van der Waals surface area contributed by atoms with Crippen molar-refractivity contribution in [3.8, 4) is 0 Å². The monoisotopic (exact) mass is 281 g/mol. The zero-order valence-corrected chi connectivity index (χ0v) is 12.6. The second-order valence-corrected chi connectivity index (χ2v) is 6.50. The van der Waals surface area contributed by atoms with Gasteiger partial charge in [0.1, 0.15) is 0 Å². The van der Waals surface area contributed by atoms with Crippen LogP contribution < -0.4 is 5.32 Å². The van der Waals surface area contributed by atoms with E-state index in [1.54, 1.807) is 6.92 Å². The predicted octanol–water partition coefficient (Wildman–Crippen LogP) is 0.452. The Hall–Kier alpha value is -0.650. The van der Waals surface area contributed by atoms with Crippen LogP contribution in [0.15, 0.2) is 0 Å². The Morgan fingerprint density at radius 1 is 1.20 bits per heavy atom. The first kappa shape index (κ1) is 14.3. The summed E-state index contributed by atoms with van der Waals surface area (Å²) in [6, 6.07) is 0.556. The van der Waals surface area contributed by atoms with Crippen LogP contribution in [0.5, 0.6) is 0 Å². The van der Waals surface area contributed by atoms with Gasteiger partial charge in [-0.05, 0) is 38.8 Å². The molecule has 1 spiro atoms. The summed E-state index contributed by atoms with van der Waals surface area (Å²) in [4.78, 5) is 16.0. The minimum Gasteiger partial charge on any atom is -0.373 e. The Kier molecular flexibility index (Phi) is 4.29. The Balaban J connectivity index is 1.56. The summed E-state index contributed by atoms with van der Waals surface area (Å²) in [6.45, 7) is 8.62. The Morgan fingerprint density at radius 3 is 2.75 bits per heavy atom. The van der Waals surface area contributed by atoms with Crippen molar-refractivity contribution < 1.29 is 9.53 Å². The maximum absolute atomic E-state index is 11.5. The molecule has 3 saturated heterocycles. The van der Waals surface area contributed by atoms with Gasteiger partial charge in [-0.3, -0.25) is 9.69 Å². The number of carbonyl (C=O) groups excluding carboxylic acids is 1. The molecule has 3 rings (SSSR count). The molecule has 3 heterocycles. The quantitative estimate of drug-likeness (QED) is 0.758. The molecule has 20 heavy (non-hydrogen) atoms. The molecule has 3 fully saturated rings. The maximum Gasteiger partial charge on any atom is 0.219 e. The summed E-state index contributed by atoms with van der Waals surface area (Å²) in [5.41, 5.74) is 0.141. The van der Waals surface area contributed by atoms with Gasteiger partial charge >= 0.3 is 0 Å². The molecule has 0 bridgehead atoms. The molecule has 114 valence electrons. The number of piperidine rings is 1. The lowest BCUT2D eigenvalue weighted by Gasteiger charge is -2.34. The largest absolute Gasteiger partial charge is 0.373 e. The third-order valence-electron chi connectivity index (χ3n) is 5.20. The van der Waals surface area contributed by atoms with Gasteiger partial charge < -0.3 is 15.0 Å². The summed E-state index contributed by atoms with van der Waals surface area (Å²) in [7, 11) is 0. The van der Waals surface area contributed by atoms with Gasteiger partial charge in [-0.1, -0.05) is 0 Å². The second-order valence-electron chi connectivity index (χ2n) is 6.50. The van der Waals surface area contributed by atoms with Crippen molar-refractivity contribution in [2.24, 2.45) is 0 Å². The van der Waals surface area contributed by atoms with Gasteiger partial charge in [0.2, 0.25) is 5.91 Å². The highest BCUT2D eigenvalue weighted by atomic mass is 16.5. The average Bonchev–Trinajstić information content (AvgIpc) is 2.70. The summed E-state index contributed by atoms with van der Waals surface area (Å²) < 4.78 is 6.20. The molecule has 0 aromatic rings. The Labute approximate surface area is 121 Å². The van der Waals surface area contributed by atoms with E-state index in [1.165, 1.54) is 6.42 Å². The van der Waals surface area contributed by atoms with Crippen LogP contribution in [0.3, 0.4) is 0 Å². The molecule has 3 aliphatic heterocycles. The number of carbonyl (C=O) groups is 1. The third-order valence-corrected chi connectivity index (χ3v) is 5.20. The van der Waals surface area contributed by atoms with E-state index in [4.69, 9.17) is 4.74 Å². The van der Waals surface area contributed by atoms with E-state index in [-0.39, 0.29) is 11.5 Å². The van der Waals surface area contributed by atoms with Crippen molar-refractivity contribution in [3.63, 3.8) is 0 Å². The number of nitrogens with one attached hydrogen (secondary N) is 1. The van der Waals surface area contributed by atoms with Crippen molar-refractivity contribution >= 4 is 5.91 Å². The van der Waals surface area contributed by atoms with E-state index < -0.39 is 0 Å². The van der Waals surface area contributed by atoms with E-state index in [1.807, 2.05) is 4.90 Å². The van der Waals surface area contributed by atoms with Crippen molar-refractivity contribution in [1.29, 1.82) is 0 Å². The van der Waals surface area contributed by atoms with Crippen LogP contribution in [0.2, 0.25) is 0 Å². The van der Waals surface area contributed by atoms with Gasteiger partial charge in [0.05, 0.1) is 12.2 Å². The van der Waals surface area contributed by atoms with Crippen LogP contribution in [-0.4, -0.2) is 73.2 Å². The van der Waals surface area contributed by atoms with Crippen molar-refractivity contribution in [3.05, 3.63) is 0 Å². The molecular formula is C15H27N3O2. The van der Waals surface area contributed by atoms with Crippen LogP contribution in [0.1, 0.15) is 32.6 Å². The number of ether oxygens (including phenoxy) is 1. The standard InChI is InChI=1S/C15H27N3O2/c1-13(19)17-7-2-8-18(10-9-17)14-11-15(20-12-14)3-5-16-6-4-15/h14,16H,2-12H2,1H3/t14-/m1/s1. The fourth-order valence-electron chi connectivity index (χ4n) is 3.90. The summed E-state index contributed by atoms with van der Waals surface area (Å²) in [5.74, 6) is 0.212. The van der Waals surface area contributed by atoms with Crippen LogP contribution in [0.25, 0.3) is 0 Å². The summed E-state index contributed by atoms with van der Waals surface area (Å²) >= 11 is 0. The van der Waals surface area contributed by atoms with E-state index in [0.717, 1.165) is 65.1 Å². The lowest BCUT2D eigenvalue weighted by Crippen LogP contribution is -2.43. The topological polar surface area (TPSA) is 44.8 Å². The zero-order chi connectivity index (χ0) is 14.0. The highest BCUT2D eigenvalue weighted by molar-refractivity contribution is 5.73. The molecule has 0 aromatic heterocycles. The fraction of sp³-hybridized carbons (Fsp3) is 0.933. The first-order chi connectivity index (χ1) is 9.69. The normalized spacial score (nSPS) is 31.4. The molecule has 3 aliphatic rings. The maximum atomic E-state index is 11.5. The van der Waals surface area contributed by atoms with Crippen LogP contribution in [0, 0.1) is 0 Å². The lowest BCUT2D eigenvalue weighted by molar-refractivity contribution is -0.128. The number of nitrogens with zero attached hydrogens (tertiary/aromatic N) is 2. The van der Waals surface area contributed by atoms with Crippen molar-refractivity contribution in [1.82, 2.24) is 15.1 Å². The smallest absolute Gasteiger partial charge is 0.219 e. The summed E-state index contributed by atoms with van der Waals surface area (Å²) in [6.07, 6.45) is 4.56. The van der Waals surface area contributed by atoms with E-state index in [9.17, 15) is 4.79 Å². The average molecular weight is 281 g/mol. The Bertz CT molecular complexity index is 355. The molecule has 1 amide bonds. The minimum absolute atomic E-state index is 0.141. The highest BCUT2D eigenvalue weighted by Crippen LogP contribution is 2.36. The van der Waals surface area contributed by atoms with Gasteiger partial charge in [-0.2, -0.15) is 0 Å². The zero-order valence-electron chi connectivity index (χ0n) is 12.6. The van der Waals surface area contributed by atoms with Crippen molar-refractivity contribution in [2.45, 2.75) is 44.2 Å². The SMILES string of the molecule is CC(=O)N1CCCN([C@H]2COC3(CCNCC3)C2)CC1. The van der Waals surface area contributed by atoms with Crippen LogP contribution in [-0.2, 0) is 9.53 Å². The molecule has 0 radical (unpaired) electrons. The molecule has 0 unspecified atom stereocenters. The van der Waals surface area contributed by atoms with Crippen molar-refractivity contribution in [2.75, 3.05) is 45.9 Å². The number of hydrogen-bond acceptors (Lipinski definition) is 4. The molecule has 0 saturated carbocycles. The minimum atomic E-state index is 0.141. The molecular weight excluding hydrogens is 254 g/mol. The fourth-order valence-corrected chi connectivity index (χ4v) is 3.90. The molecule has 5 heteroatoms. The Morgan fingerprint density at radius 2 is 2.00 bits per heavy atom. The lowest BCUT2D eigenvalue weighted by atomic mass is 9.88. The van der Waals surface area contributed by atoms with Gasteiger partial charge in [-0.15, -0.1) is 0 Å². The first-order valence-corrected chi connectivity index (χ1v) is 8.03. The second kappa shape index (κ2) is 6.00. The van der Waals surface area contributed by atoms with E-state index in [2.05, 4.69) is 10.2 Å². The number of rotatable bonds is 1. The number of hydrogen-bond donors (Lipinski definition) is 1. The van der Waals surface area contributed by atoms with Gasteiger partial charge in [0, 0.05) is 39.1 Å². The number of amides is 1. The van der Waals surface area contributed by atoms with Gasteiger partial charge in [-0.25, -0.2) is 0 Å². The van der Waals surface area contributed by atoms with E-state index >= 15 is 0 Å². The summed E-state index contributed by atoms with van der Waals surface area (Å²) in [5, 5.41) is 3.42. The predicted molar refractivity (Wildman–Crippen MR) is 77.6 cm³/mol. The molecule has 5 nitrogen and oxygen atoms in total. The van der Waals surface area contributed by atoms with Crippen LogP contribution >= 0.6 is 0 Å². The van der Waals surface area contributed by atoms with Gasteiger partial charge in [0.25, 0.3) is 0 Å². The highest BCUT2D eigenvalue weighted by Gasteiger charge is 2.43. The molecule has 1 atom stereocenters. The van der Waals surface area contributed by atoms with E-state index in [0.29, 0.717) is 6.04 Å². The first-order valence-electron chi connectivity index (χ1n) is 8.03. The third kappa shape index (κ3) is 3.00. The molecule has 0 aliphatic carbocycles. The molecule has 1 N–H and O–H groups in total. The van der Waals surface area contributed by atoms with Crippen LogP contribution in [0.4, 0.5) is 0 Å². The van der Waals surface area contributed by atoms with Gasteiger partial charge in [0.15, 0.2) is 0 Å². The molecule has 0 aromatic carbocycles.